The fourth-order valence-electron chi connectivity index (χ4n) is 4.54. The number of fused-ring (bicyclic) bond motifs is 4. The lowest BCUT2D eigenvalue weighted by molar-refractivity contribution is 0.0823. The van der Waals surface area contributed by atoms with Gasteiger partial charge in [0.05, 0.1) is 0 Å². The molecule has 0 aliphatic heterocycles. The molecular formula is C17H18O. The molecule has 0 amide bonds. The van der Waals surface area contributed by atoms with E-state index in [4.69, 9.17) is 0 Å². The van der Waals surface area contributed by atoms with Crippen molar-refractivity contribution in [1.82, 2.24) is 0 Å². The van der Waals surface area contributed by atoms with Gasteiger partial charge in [0.1, 0.15) is 0 Å². The van der Waals surface area contributed by atoms with Crippen LogP contribution in [0.1, 0.15) is 47.2 Å². The van der Waals surface area contributed by atoms with Crippen LogP contribution < -0.4 is 0 Å². The highest BCUT2D eigenvalue weighted by Gasteiger charge is 2.50. The van der Waals surface area contributed by atoms with Crippen LogP contribution in [0.4, 0.5) is 0 Å². The van der Waals surface area contributed by atoms with Gasteiger partial charge in [0.15, 0.2) is 5.78 Å². The van der Waals surface area contributed by atoms with E-state index >= 15 is 0 Å². The molecule has 1 spiro atoms. The van der Waals surface area contributed by atoms with Gasteiger partial charge in [0.25, 0.3) is 0 Å². The van der Waals surface area contributed by atoms with Crippen molar-refractivity contribution in [2.75, 3.05) is 0 Å². The van der Waals surface area contributed by atoms with Gasteiger partial charge in [0, 0.05) is 12.0 Å². The molecule has 3 aliphatic carbocycles. The molecule has 1 fully saturated rings. The molecule has 0 aromatic heterocycles. The van der Waals surface area contributed by atoms with Gasteiger partial charge in [-0.3, -0.25) is 4.79 Å². The zero-order valence-electron chi connectivity index (χ0n) is 10.8. The highest BCUT2D eigenvalue weighted by atomic mass is 16.1. The van der Waals surface area contributed by atoms with Crippen molar-refractivity contribution >= 4 is 5.78 Å². The maximum Gasteiger partial charge on any atom is 0.164 e. The second-order valence-corrected chi connectivity index (χ2v) is 6.42. The predicted octanol–water partition coefficient (Wildman–Crippen LogP) is 3.85. The van der Waals surface area contributed by atoms with Crippen molar-refractivity contribution in [3.05, 3.63) is 46.5 Å². The molecule has 0 radical (unpaired) electrons. The number of benzene rings is 1. The number of Topliss-reactive ketones (excluding diaryl/α,β-unsaturated/α-hetero) is 1. The van der Waals surface area contributed by atoms with E-state index < -0.39 is 0 Å². The molecule has 92 valence electrons. The van der Waals surface area contributed by atoms with Crippen molar-refractivity contribution in [3.63, 3.8) is 0 Å². The van der Waals surface area contributed by atoms with Gasteiger partial charge in [-0.25, -0.2) is 0 Å². The van der Waals surface area contributed by atoms with Gasteiger partial charge in [-0.2, -0.15) is 0 Å². The van der Waals surface area contributed by atoms with Crippen LogP contribution in [0.25, 0.3) is 0 Å². The molecule has 0 N–H and O–H groups in total. The topological polar surface area (TPSA) is 17.1 Å². The summed E-state index contributed by atoms with van der Waals surface area (Å²) in [5, 5.41) is 0. The van der Waals surface area contributed by atoms with Crippen LogP contribution in [-0.4, -0.2) is 5.78 Å². The first-order chi connectivity index (χ1) is 8.68. The Morgan fingerprint density at radius 2 is 2.11 bits per heavy atom. The van der Waals surface area contributed by atoms with E-state index in [1.54, 1.807) is 5.57 Å². The summed E-state index contributed by atoms with van der Waals surface area (Å²) in [5.74, 6) is 1.13. The number of hydrogen-bond acceptors (Lipinski definition) is 1. The fourth-order valence-corrected chi connectivity index (χ4v) is 4.54. The summed E-state index contributed by atoms with van der Waals surface area (Å²) in [6.45, 7) is 2.07. The van der Waals surface area contributed by atoms with Crippen LogP contribution in [0.15, 0.2) is 29.8 Å². The zero-order chi connectivity index (χ0) is 12.3. The van der Waals surface area contributed by atoms with Crippen LogP contribution in [-0.2, 0) is 6.42 Å². The number of hydrogen-bond donors (Lipinski definition) is 0. The third-order valence-electron chi connectivity index (χ3n) is 5.34. The molecule has 1 aromatic carbocycles. The maximum absolute atomic E-state index is 12.5. The molecule has 18 heavy (non-hydrogen) atoms. The average molecular weight is 238 g/mol. The molecule has 3 aliphatic rings. The molecule has 0 heterocycles. The summed E-state index contributed by atoms with van der Waals surface area (Å²) < 4.78 is 0. The minimum absolute atomic E-state index is 0.280. The lowest BCUT2D eigenvalue weighted by Gasteiger charge is -2.40. The Morgan fingerprint density at radius 3 is 2.83 bits per heavy atom. The molecule has 2 atom stereocenters. The van der Waals surface area contributed by atoms with Gasteiger partial charge in [0.2, 0.25) is 0 Å². The Kier molecular flexibility index (Phi) is 1.96. The molecule has 1 nitrogen and oxygen atoms in total. The van der Waals surface area contributed by atoms with Gasteiger partial charge in [-0.15, -0.1) is 0 Å². The van der Waals surface area contributed by atoms with Gasteiger partial charge < -0.3 is 0 Å². The Bertz CT molecular complexity index is 581. The van der Waals surface area contributed by atoms with E-state index in [1.165, 1.54) is 24.8 Å². The highest BCUT2D eigenvalue weighted by molar-refractivity contribution is 6.00. The standard InChI is InChI=1S/C17H18O/c1-11-3-2-4-13-9-17(10-15(18)16(11)13)8-12-5-6-14(17)7-12/h2-5,14H,6-10H2,1H3. The zero-order valence-corrected chi connectivity index (χ0v) is 10.8. The summed E-state index contributed by atoms with van der Waals surface area (Å²) in [4.78, 5) is 12.5. The quantitative estimate of drug-likeness (QED) is 0.627. The van der Waals surface area contributed by atoms with E-state index in [2.05, 4.69) is 31.2 Å². The first-order valence-electron chi connectivity index (χ1n) is 6.98. The van der Waals surface area contributed by atoms with Gasteiger partial charge in [-0.05, 0) is 55.1 Å². The van der Waals surface area contributed by atoms with E-state index in [0.29, 0.717) is 5.78 Å². The second kappa shape index (κ2) is 3.34. The smallest absolute Gasteiger partial charge is 0.164 e. The number of aryl methyl sites for hydroxylation is 1. The first kappa shape index (κ1) is 10.5. The molecular weight excluding hydrogens is 220 g/mol. The molecule has 0 saturated heterocycles. The monoisotopic (exact) mass is 238 g/mol. The summed E-state index contributed by atoms with van der Waals surface area (Å²) in [6, 6.07) is 6.34. The minimum atomic E-state index is 0.280. The molecule has 1 saturated carbocycles. The predicted molar refractivity (Wildman–Crippen MR) is 71.7 cm³/mol. The normalized spacial score (nSPS) is 32.8. The average Bonchev–Trinajstić information content (AvgIpc) is 2.88. The van der Waals surface area contributed by atoms with Gasteiger partial charge >= 0.3 is 0 Å². The molecule has 2 bridgehead atoms. The Balaban J connectivity index is 1.82. The van der Waals surface area contributed by atoms with Crippen LogP contribution in [0.2, 0.25) is 0 Å². The lowest BCUT2D eigenvalue weighted by atomic mass is 9.63. The first-order valence-corrected chi connectivity index (χ1v) is 6.98. The molecule has 4 rings (SSSR count). The third-order valence-corrected chi connectivity index (χ3v) is 5.34. The number of carbonyl (C=O) groups excluding carboxylic acids is 1. The minimum Gasteiger partial charge on any atom is -0.294 e. The largest absolute Gasteiger partial charge is 0.294 e. The Hall–Kier alpha value is -1.37. The van der Waals surface area contributed by atoms with E-state index in [1.807, 2.05) is 0 Å². The van der Waals surface area contributed by atoms with Crippen molar-refractivity contribution in [3.8, 4) is 0 Å². The van der Waals surface area contributed by atoms with E-state index in [9.17, 15) is 4.79 Å². The second-order valence-electron chi connectivity index (χ2n) is 6.42. The van der Waals surface area contributed by atoms with Crippen LogP contribution in [0.3, 0.4) is 0 Å². The number of ketones is 1. The summed E-state index contributed by atoms with van der Waals surface area (Å²) in [7, 11) is 0. The van der Waals surface area contributed by atoms with Crippen LogP contribution in [0, 0.1) is 18.3 Å². The molecule has 2 unspecified atom stereocenters. The summed E-state index contributed by atoms with van der Waals surface area (Å²) in [5.41, 5.74) is 5.39. The summed E-state index contributed by atoms with van der Waals surface area (Å²) in [6.07, 6.45) is 7.96. The van der Waals surface area contributed by atoms with Crippen LogP contribution in [0.5, 0.6) is 0 Å². The van der Waals surface area contributed by atoms with E-state index in [-0.39, 0.29) is 5.41 Å². The lowest BCUT2D eigenvalue weighted by Crippen LogP contribution is -2.36. The van der Waals surface area contributed by atoms with Crippen molar-refractivity contribution < 1.29 is 4.79 Å². The highest BCUT2D eigenvalue weighted by Crippen LogP contribution is 2.58. The number of allylic oxidation sites excluding steroid dienone is 2. The van der Waals surface area contributed by atoms with E-state index in [0.717, 1.165) is 29.9 Å². The molecule has 1 aromatic rings. The van der Waals surface area contributed by atoms with Crippen molar-refractivity contribution in [2.45, 2.75) is 39.0 Å². The van der Waals surface area contributed by atoms with Gasteiger partial charge in [-0.1, -0.05) is 29.8 Å². The molecule has 1 heteroatoms. The SMILES string of the molecule is Cc1cccc2c1C(=O)CC1(CC3=CCC1C3)C2. The van der Waals surface area contributed by atoms with Crippen molar-refractivity contribution in [1.29, 1.82) is 0 Å². The van der Waals surface area contributed by atoms with Crippen molar-refractivity contribution in [2.24, 2.45) is 11.3 Å². The summed E-state index contributed by atoms with van der Waals surface area (Å²) >= 11 is 0. The number of carbonyl (C=O) groups is 1. The Morgan fingerprint density at radius 1 is 1.22 bits per heavy atom. The maximum atomic E-state index is 12.5. The van der Waals surface area contributed by atoms with Crippen LogP contribution >= 0.6 is 0 Å². The fraction of sp³-hybridized carbons (Fsp3) is 0.471. The number of rotatable bonds is 0. The Labute approximate surface area is 108 Å². The third kappa shape index (κ3) is 1.25.